The average molecular weight is 307 g/mol. The highest BCUT2D eigenvalue weighted by Gasteiger charge is 2.05. The minimum Gasteiger partial charge on any atom is -0.481 e. The molecule has 2 heterocycles. The molecule has 0 bridgehead atoms. The second-order valence-electron chi connectivity index (χ2n) is 5.10. The molecule has 0 aliphatic rings. The standard InChI is InChI=1S/C17H17N5O/c1-11-7-13(12-3-5-19-15(18)10-12)9-14(8-11)21-17-20-6-4-16(22-17)23-2/h3-10H,1-2H3,(H2,18,19)(H,20,21,22). The number of pyridine rings is 1. The SMILES string of the molecule is COc1ccnc(Nc2cc(C)cc(-c3ccnc(N)c3)c2)n1. The van der Waals surface area contributed by atoms with Crippen LogP contribution in [0.2, 0.25) is 0 Å². The van der Waals surface area contributed by atoms with E-state index in [1.807, 2.05) is 31.2 Å². The Morgan fingerprint density at radius 3 is 2.61 bits per heavy atom. The third-order valence-corrected chi connectivity index (χ3v) is 3.29. The lowest BCUT2D eigenvalue weighted by Gasteiger charge is -2.10. The van der Waals surface area contributed by atoms with E-state index in [0.717, 1.165) is 22.4 Å². The van der Waals surface area contributed by atoms with Crippen LogP contribution in [0, 0.1) is 6.92 Å². The van der Waals surface area contributed by atoms with Gasteiger partial charge in [-0.3, -0.25) is 0 Å². The van der Waals surface area contributed by atoms with Crippen LogP contribution in [-0.2, 0) is 0 Å². The van der Waals surface area contributed by atoms with Crippen LogP contribution >= 0.6 is 0 Å². The van der Waals surface area contributed by atoms with Crippen molar-refractivity contribution in [1.29, 1.82) is 0 Å². The van der Waals surface area contributed by atoms with Crippen molar-refractivity contribution in [3.05, 3.63) is 54.4 Å². The van der Waals surface area contributed by atoms with Gasteiger partial charge in [0.05, 0.1) is 7.11 Å². The van der Waals surface area contributed by atoms with Gasteiger partial charge in [-0.25, -0.2) is 9.97 Å². The fourth-order valence-corrected chi connectivity index (χ4v) is 2.29. The molecule has 0 amide bonds. The van der Waals surface area contributed by atoms with E-state index in [2.05, 4.69) is 26.3 Å². The first-order valence-electron chi connectivity index (χ1n) is 7.12. The Morgan fingerprint density at radius 1 is 1.00 bits per heavy atom. The molecule has 3 aromatic rings. The number of hydrogen-bond acceptors (Lipinski definition) is 6. The van der Waals surface area contributed by atoms with Gasteiger partial charge in [-0.2, -0.15) is 4.98 Å². The zero-order chi connectivity index (χ0) is 16.2. The van der Waals surface area contributed by atoms with Crippen molar-refractivity contribution in [3.63, 3.8) is 0 Å². The first kappa shape index (κ1) is 14.8. The summed E-state index contributed by atoms with van der Waals surface area (Å²) in [4.78, 5) is 12.5. The number of benzene rings is 1. The Kier molecular flexibility index (Phi) is 4.05. The van der Waals surface area contributed by atoms with E-state index in [-0.39, 0.29) is 0 Å². The van der Waals surface area contributed by atoms with Crippen molar-refractivity contribution in [2.45, 2.75) is 6.92 Å². The molecule has 0 aliphatic heterocycles. The molecule has 0 unspecified atom stereocenters. The maximum Gasteiger partial charge on any atom is 0.230 e. The topological polar surface area (TPSA) is 86.0 Å². The quantitative estimate of drug-likeness (QED) is 0.770. The van der Waals surface area contributed by atoms with Crippen molar-refractivity contribution in [1.82, 2.24) is 15.0 Å². The predicted octanol–water partition coefficient (Wildman–Crippen LogP) is 3.18. The van der Waals surface area contributed by atoms with Gasteiger partial charge in [0.2, 0.25) is 11.8 Å². The Hall–Kier alpha value is -3.15. The third-order valence-electron chi connectivity index (χ3n) is 3.29. The lowest BCUT2D eigenvalue weighted by molar-refractivity contribution is 0.397. The second-order valence-corrected chi connectivity index (χ2v) is 5.10. The van der Waals surface area contributed by atoms with E-state index < -0.39 is 0 Å². The lowest BCUT2D eigenvalue weighted by atomic mass is 10.0. The first-order valence-corrected chi connectivity index (χ1v) is 7.12. The largest absolute Gasteiger partial charge is 0.481 e. The molecule has 1 aromatic carbocycles. The first-order chi connectivity index (χ1) is 11.1. The summed E-state index contributed by atoms with van der Waals surface area (Å²) in [5.74, 6) is 1.49. The Labute approximate surface area is 134 Å². The van der Waals surface area contributed by atoms with Crippen molar-refractivity contribution in [3.8, 4) is 17.0 Å². The highest BCUT2D eigenvalue weighted by molar-refractivity contribution is 5.72. The van der Waals surface area contributed by atoms with Gasteiger partial charge in [0.25, 0.3) is 0 Å². The molecular weight excluding hydrogens is 290 g/mol. The number of aryl methyl sites for hydroxylation is 1. The van der Waals surface area contributed by atoms with E-state index in [4.69, 9.17) is 10.5 Å². The minimum absolute atomic E-state index is 0.482. The molecule has 0 spiro atoms. The molecular formula is C17H17N5O. The molecule has 23 heavy (non-hydrogen) atoms. The van der Waals surface area contributed by atoms with Crippen molar-refractivity contribution < 1.29 is 4.74 Å². The smallest absolute Gasteiger partial charge is 0.230 e. The summed E-state index contributed by atoms with van der Waals surface area (Å²) in [6, 6.07) is 11.6. The van der Waals surface area contributed by atoms with Crippen molar-refractivity contribution in [2.75, 3.05) is 18.2 Å². The number of nitrogens with zero attached hydrogens (tertiary/aromatic N) is 3. The monoisotopic (exact) mass is 307 g/mol. The lowest BCUT2D eigenvalue weighted by Crippen LogP contribution is -1.99. The van der Waals surface area contributed by atoms with Gasteiger partial charge in [0.15, 0.2) is 0 Å². The molecule has 3 N–H and O–H groups in total. The van der Waals surface area contributed by atoms with E-state index >= 15 is 0 Å². The zero-order valence-electron chi connectivity index (χ0n) is 12.9. The summed E-state index contributed by atoms with van der Waals surface area (Å²) in [5.41, 5.74) is 9.83. The molecule has 6 nitrogen and oxygen atoms in total. The maximum atomic E-state index is 5.77. The van der Waals surface area contributed by atoms with E-state index in [1.54, 1.807) is 25.6 Å². The van der Waals surface area contributed by atoms with Crippen molar-refractivity contribution in [2.24, 2.45) is 0 Å². The van der Waals surface area contributed by atoms with Crippen LogP contribution in [0.5, 0.6) is 5.88 Å². The second kappa shape index (κ2) is 6.31. The van der Waals surface area contributed by atoms with E-state index in [9.17, 15) is 0 Å². The highest BCUT2D eigenvalue weighted by Crippen LogP contribution is 2.26. The number of rotatable bonds is 4. The molecule has 6 heteroatoms. The molecule has 0 saturated carbocycles. The maximum absolute atomic E-state index is 5.77. The van der Waals surface area contributed by atoms with E-state index in [0.29, 0.717) is 17.6 Å². The minimum atomic E-state index is 0.482. The number of nitrogens with one attached hydrogen (secondary N) is 1. The molecule has 0 aliphatic carbocycles. The number of aromatic nitrogens is 3. The molecule has 0 fully saturated rings. The number of nitrogens with two attached hydrogens (primary N) is 1. The van der Waals surface area contributed by atoms with Gasteiger partial charge in [0.1, 0.15) is 5.82 Å². The molecule has 0 saturated heterocycles. The molecule has 116 valence electrons. The van der Waals surface area contributed by atoms with Crippen LogP contribution in [0.3, 0.4) is 0 Å². The Balaban J connectivity index is 1.94. The van der Waals surface area contributed by atoms with Crippen LogP contribution in [0.1, 0.15) is 5.56 Å². The van der Waals surface area contributed by atoms with Gasteiger partial charge in [0, 0.05) is 24.1 Å². The number of hydrogen-bond donors (Lipinski definition) is 2. The summed E-state index contributed by atoms with van der Waals surface area (Å²) in [5, 5.41) is 3.20. The van der Waals surface area contributed by atoms with Crippen LogP contribution < -0.4 is 15.8 Å². The van der Waals surface area contributed by atoms with Crippen LogP contribution in [0.4, 0.5) is 17.5 Å². The van der Waals surface area contributed by atoms with E-state index in [1.165, 1.54) is 0 Å². The van der Waals surface area contributed by atoms with Gasteiger partial charge < -0.3 is 15.8 Å². The zero-order valence-corrected chi connectivity index (χ0v) is 12.9. The number of methoxy groups -OCH3 is 1. The van der Waals surface area contributed by atoms with Gasteiger partial charge >= 0.3 is 0 Å². The van der Waals surface area contributed by atoms with Gasteiger partial charge in [-0.15, -0.1) is 0 Å². The molecule has 0 radical (unpaired) electrons. The Morgan fingerprint density at radius 2 is 1.83 bits per heavy atom. The van der Waals surface area contributed by atoms with Crippen molar-refractivity contribution >= 4 is 17.5 Å². The number of ether oxygens (including phenoxy) is 1. The summed E-state index contributed by atoms with van der Waals surface area (Å²) >= 11 is 0. The normalized spacial score (nSPS) is 10.3. The number of anilines is 3. The Bertz CT molecular complexity index is 835. The molecule has 3 rings (SSSR count). The summed E-state index contributed by atoms with van der Waals surface area (Å²) < 4.78 is 5.11. The fraction of sp³-hybridized carbons (Fsp3) is 0.118. The van der Waals surface area contributed by atoms with Gasteiger partial charge in [-0.1, -0.05) is 6.07 Å². The van der Waals surface area contributed by atoms with Crippen LogP contribution in [0.15, 0.2) is 48.8 Å². The van der Waals surface area contributed by atoms with Gasteiger partial charge in [-0.05, 0) is 47.9 Å². The molecule has 2 aromatic heterocycles. The highest BCUT2D eigenvalue weighted by atomic mass is 16.5. The number of nitrogen functional groups attached to an aromatic ring is 1. The van der Waals surface area contributed by atoms with Crippen LogP contribution in [0.25, 0.3) is 11.1 Å². The summed E-state index contributed by atoms with van der Waals surface area (Å²) in [6.45, 7) is 2.03. The third kappa shape index (κ3) is 3.55. The average Bonchev–Trinajstić information content (AvgIpc) is 2.54. The van der Waals surface area contributed by atoms with Crippen LogP contribution in [-0.4, -0.2) is 22.1 Å². The fourth-order valence-electron chi connectivity index (χ4n) is 2.29. The predicted molar refractivity (Wildman–Crippen MR) is 90.7 cm³/mol. The molecule has 0 atom stereocenters. The summed E-state index contributed by atoms with van der Waals surface area (Å²) in [6.07, 6.45) is 3.35. The summed E-state index contributed by atoms with van der Waals surface area (Å²) in [7, 11) is 1.57.